The van der Waals surface area contributed by atoms with Crippen LogP contribution in [0.1, 0.15) is 19.4 Å². The van der Waals surface area contributed by atoms with Crippen molar-refractivity contribution in [3.05, 3.63) is 57.9 Å². The first kappa shape index (κ1) is 27.7. The molecular weight excluding hydrogens is 564 g/mol. The van der Waals surface area contributed by atoms with Crippen molar-refractivity contribution in [2.75, 3.05) is 32.6 Å². The molecule has 0 aliphatic carbocycles. The number of likely N-dealkylation sites (N-methyl/N-ethyl adjacent to an activating group) is 1. The molecule has 3 rings (SSSR count). The Morgan fingerprint density at radius 1 is 1.22 bits per heavy atom. The summed E-state index contributed by atoms with van der Waals surface area (Å²) in [6.45, 7) is 4.99. The first-order chi connectivity index (χ1) is 17.4. The van der Waals surface area contributed by atoms with Crippen molar-refractivity contribution in [1.29, 1.82) is 0 Å². The van der Waals surface area contributed by atoms with Crippen molar-refractivity contribution in [2.45, 2.75) is 18.2 Å². The lowest BCUT2D eigenvalue weighted by Crippen LogP contribution is -2.34. The molecule has 3 aromatic rings. The van der Waals surface area contributed by atoms with Crippen LogP contribution < -0.4 is 14.9 Å². The Balaban J connectivity index is 1.53. The summed E-state index contributed by atoms with van der Waals surface area (Å²) < 4.78 is 12.6. The summed E-state index contributed by atoms with van der Waals surface area (Å²) in [6, 6.07) is 13.4. The number of halogens is 1. The summed E-state index contributed by atoms with van der Waals surface area (Å²) >= 11 is 6.32. The first-order valence-corrected chi connectivity index (χ1v) is 13.8. The molecule has 1 heterocycles. The molecular formula is C25H27BrN4O4S2. The highest BCUT2D eigenvalue weighted by molar-refractivity contribution is 9.10. The number of hydrazone groups is 1. The van der Waals surface area contributed by atoms with Gasteiger partial charge in [-0.15, -0.1) is 11.3 Å². The molecule has 36 heavy (non-hydrogen) atoms. The van der Waals surface area contributed by atoms with E-state index in [-0.39, 0.29) is 24.2 Å². The maximum absolute atomic E-state index is 12.3. The minimum Gasteiger partial charge on any atom is -0.493 e. The van der Waals surface area contributed by atoms with Gasteiger partial charge in [-0.3, -0.25) is 9.59 Å². The van der Waals surface area contributed by atoms with E-state index in [1.165, 1.54) is 36.4 Å². The van der Waals surface area contributed by atoms with Gasteiger partial charge in [0.2, 0.25) is 0 Å². The van der Waals surface area contributed by atoms with Crippen molar-refractivity contribution in [3.63, 3.8) is 0 Å². The molecule has 2 aromatic carbocycles. The third-order valence-corrected chi connectivity index (χ3v) is 7.60. The number of nitrogens with one attached hydrogen (secondary N) is 1. The SMILES string of the molecule is CCN(CC)C(=O)COc1c(Br)cc(/C=N/NC(=O)CSc2nc(-c3ccccc3)cs2)cc1OC. The number of thioether (sulfide) groups is 1. The van der Waals surface area contributed by atoms with E-state index >= 15 is 0 Å². The Morgan fingerprint density at radius 3 is 2.67 bits per heavy atom. The second-order valence-corrected chi connectivity index (χ2v) is 10.3. The number of thiazole rings is 1. The number of hydrogen-bond acceptors (Lipinski definition) is 8. The zero-order valence-electron chi connectivity index (χ0n) is 20.2. The Hall–Kier alpha value is -2.89. The van der Waals surface area contributed by atoms with E-state index in [9.17, 15) is 9.59 Å². The largest absolute Gasteiger partial charge is 0.493 e. The summed E-state index contributed by atoms with van der Waals surface area (Å²) in [5.74, 6) is 0.717. The van der Waals surface area contributed by atoms with E-state index in [1.807, 2.05) is 49.6 Å². The highest BCUT2D eigenvalue weighted by atomic mass is 79.9. The number of carbonyl (C=O) groups excluding carboxylic acids is 2. The minimum atomic E-state index is -0.242. The van der Waals surface area contributed by atoms with Crippen LogP contribution in [0.15, 0.2) is 61.8 Å². The van der Waals surface area contributed by atoms with Gasteiger partial charge in [-0.25, -0.2) is 10.4 Å². The fourth-order valence-electron chi connectivity index (χ4n) is 3.16. The van der Waals surface area contributed by atoms with Gasteiger partial charge in [0, 0.05) is 24.0 Å². The number of rotatable bonds is 12. The van der Waals surface area contributed by atoms with Gasteiger partial charge in [-0.1, -0.05) is 42.1 Å². The molecule has 0 bridgehead atoms. The molecule has 0 radical (unpaired) electrons. The third kappa shape index (κ3) is 7.81. The second kappa shape index (κ2) is 14.0. The minimum absolute atomic E-state index is 0.0935. The van der Waals surface area contributed by atoms with Crippen LogP contribution in [0.5, 0.6) is 11.5 Å². The van der Waals surface area contributed by atoms with Crippen LogP contribution in [0.2, 0.25) is 0 Å². The molecule has 2 amide bonds. The highest BCUT2D eigenvalue weighted by Gasteiger charge is 2.16. The molecule has 8 nitrogen and oxygen atoms in total. The molecule has 0 fully saturated rings. The van der Waals surface area contributed by atoms with Crippen LogP contribution in [0.4, 0.5) is 0 Å². The van der Waals surface area contributed by atoms with Gasteiger partial charge in [-0.2, -0.15) is 5.10 Å². The Bertz CT molecular complexity index is 1200. The molecule has 0 atom stereocenters. The average Bonchev–Trinajstić information content (AvgIpc) is 3.37. The standard InChI is InChI=1S/C25H27BrN4O4S2/c1-4-30(5-2)23(32)14-34-24-19(26)11-17(12-21(24)33-3)13-27-29-22(31)16-36-25-28-20(15-35-25)18-9-7-6-8-10-18/h6-13,15H,4-5,14,16H2,1-3H3,(H,29,31)/b27-13+. The van der Waals surface area contributed by atoms with Gasteiger partial charge in [0.05, 0.1) is 29.2 Å². The number of hydrogen-bond donors (Lipinski definition) is 1. The number of amides is 2. The Kier molecular flexibility index (Phi) is 10.8. The third-order valence-electron chi connectivity index (χ3n) is 4.99. The maximum Gasteiger partial charge on any atom is 0.260 e. The zero-order valence-corrected chi connectivity index (χ0v) is 23.4. The van der Waals surface area contributed by atoms with Crippen molar-refractivity contribution < 1.29 is 19.1 Å². The first-order valence-electron chi connectivity index (χ1n) is 11.2. The summed E-state index contributed by atoms with van der Waals surface area (Å²) in [4.78, 5) is 30.7. The summed E-state index contributed by atoms with van der Waals surface area (Å²) in [5.41, 5.74) is 5.15. The van der Waals surface area contributed by atoms with E-state index in [0.29, 0.717) is 34.6 Å². The van der Waals surface area contributed by atoms with Crippen LogP contribution in [0.25, 0.3) is 11.3 Å². The van der Waals surface area contributed by atoms with E-state index in [0.717, 1.165) is 15.6 Å². The van der Waals surface area contributed by atoms with Gasteiger partial charge in [0.1, 0.15) is 0 Å². The Morgan fingerprint density at radius 2 is 1.97 bits per heavy atom. The molecule has 11 heteroatoms. The number of aromatic nitrogens is 1. The van der Waals surface area contributed by atoms with Crippen molar-refractivity contribution in [3.8, 4) is 22.8 Å². The number of nitrogens with zero attached hydrogens (tertiary/aromatic N) is 3. The molecule has 1 N–H and O–H groups in total. The van der Waals surface area contributed by atoms with E-state index in [1.54, 1.807) is 17.0 Å². The quantitative estimate of drug-likeness (QED) is 0.180. The van der Waals surface area contributed by atoms with E-state index in [4.69, 9.17) is 9.47 Å². The lowest BCUT2D eigenvalue weighted by Gasteiger charge is -2.19. The lowest BCUT2D eigenvalue weighted by molar-refractivity contribution is -0.133. The van der Waals surface area contributed by atoms with Gasteiger partial charge in [0.25, 0.3) is 11.8 Å². The van der Waals surface area contributed by atoms with Crippen LogP contribution in [-0.2, 0) is 9.59 Å². The van der Waals surface area contributed by atoms with Gasteiger partial charge in [0.15, 0.2) is 22.4 Å². The van der Waals surface area contributed by atoms with E-state index in [2.05, 4.69) is 31.4 Å². The molecule has 190 valence electrons. The van der Waals surface area contributed by atoms with Crippen molar-refractivity contribution in [2.24, 2.45) is 5.10 Å². The van der Waals surface area contributed by atoms with Crippen molar-refractivity contribution in [1.82, 2.24) is 15.3 Å². The Labute approximate surface area is 227 Å². The number of carbonyl (C=O) groups is 2. The molecule has 0 aliphatic rings. The average molecular weight is 592 g/mol. The van der Waals surface area contributed by atoms with Gasteiger partial charge in [-0.05, 0) is 47.5 Å². The van der Waals surface area contributed by atoms with Gasteiger partial charge >= 0.3 is 0 Å². The zero-order chi connectivity index (χ0) is 25.9. The fourth-order valence-corrected chi connectivity index (χ4v) is 5.36. The summed E-state index contributed by atoms with van der Waals surface area (Å²) in [7, 11) is 1.52. The van der Waals surface area contributed by atoms with Crippen LogP contribution in [0, 0.1) is 0 Å². The van der Waals surface area contributed by atoms with Gasteiger partial charge < -0.3 is 14.4 Å². The molecule has 0 spiro atoms. The number of methoxy groups -OCH3 is 1. The molecule has 0 saturated heterocycles. The molecule has 0 saturated carbocycles. The highest BCUT2D eigenvalue weighted by Crippen LogP contribution is 2.36. The molecule has 0 aliphatic heterocycles. The maximum atomic E-state index is 12.3. The smallest absolute Gasteiger partial charge is 0.260 e. The summed E-state index contributed by atoms with van der Waals surface area (Å²) in [6.07, 6.45) is 1.51. The molecule has 1 aromatic heterocycles. The number of benzene rings is 2. The predicted octanol–water partition coefficient (Wildman–Crippen LogP) is 5.07. The van der Waals surface area contributed by atoms with Crippen LogP contribution in [0.3, 0.4) is 0 Å². The predicted molar refractivity (Wildman–Crippen MR) is 148 cm³/mol. The molecule has 0 unspecified atom stereocenters. The fraction of sp³-hybridized carbons (Fsp3) is 0.280. The van der Waals surface area contributed by atoms with Crippen LogP contribution >= 0.6 is 39.0 Å². The normalized spacial score (nSPS) is 10.9. The topological polar surface area (TPSA) is 93.1 Å². The monoisotopic (exact) mass is 590 g/mol. The lowest BCUT2D eigenvalue weighted by atomic mass is 10.2. The number of ether oxygens (including phenoxy) is 2. The van der Waals surface area contributed by atoms with Crippen LogP contribution in [-0.4, -0.2) is 60.5 Å². The van der Waals surface area contributed by atoms with Crippen molar-refractivity contribution >= 4 is 57.1 Å². The summed E-state index contributed by atoms with van der Waals surface area (Å²) in [5, 5.41) is 6.02. The van der Waals surface area contributed by atoms with E-state index < -0.39 is 0 Å². The second-order valence-electron chi connectivity index (χ2n) is 7.34.